The summed E-state index contributed by atoms with van der Waals surface area (Å²) in [6, 6.07) is 57.1. The maximum absolute atomic E-state index is 5.95. The van der Waals surface area contributed by atoms with Gasteiger partial charge in [-0.25, -0.2) is 0 Å². The van der Waals surface area contributed by atoms with Crippen LogP contribution in [0.15, 0.2) is 176 Å². The Kier molecular flexibility index (Phi) is 33.3. The fourth-order valence-electron chi connectivity index (χ4n) is 8.31. The third-order valence-corrected chi connectivity index (χ3v) is 16.9. The summed E-state index contributed by atoms with van der Waals surface area (Å²) >= 11 is 17.6. The normalized spacial score (nSPS) is 16.1. The number of hydrogen-bond acceptors (Lipinski definition) is 8. The number of ether oxygens (including phenoxy) is 8. The molecule has 0 saturated heterocycles. The minimum Gasteiger partial charge on any atom is -0.490 e. The van der Waals surface area contributed by atoms with E-state index < -0.39 is 0 Å². The summed E-state index contributed by atoms with van der Waals surface area (Å²) in [6.07, 6.45) is 5.05. The maximum atomic E-state index is 5.95. The van der Waals surface area contributed by atoms with Crippen LogP contribution in [-0.4, -0.2) is 48.8 Å². The van der Waals surface area contributed by atoms with Gasteiger partial charge < -0.3 is 37.9 Å². The van der Waals surface area contributed by atoms with Crippen molar-refractivity contribution in [1.82, 2.24) is 0 Å². The van der Waals surface area contributed by atoms with Crippen LogP contribution in [0.2, 0.25) is 15.1 Å². The highest BCUT2D eigenvalue weighted by Crippen LogP contribution is 2.36. The van der Waals surface area contributed by atoms with Gasteiger partial charge in [0, 0.05) is 22.5 Å². The lowest BCUT2D eigenvalue weighted by Gasteiger charge is -2.30. The third kappa shape index (κ3) is 27.7. The number of hydrogen-bond donors (Lipinski definition) is 0. The first-order chi connectivity index (χ1) is 42.6. The highest BCUT2D eigenvalue weighted by Gasteiger charge is 2.27. The van der Waals surface area contributed by atoms with Gasteiger partial charge in [-0.3, -0.25) is 0 Å². The summed E-state index contributed by atoms with van der Waals surface area (Å²) in [5.74, 6) is 11.0. The molecule has 3 aliphatic rings. The molecule has 10 rings (SSSR count). The number of fused-ring (bicyclic) bond motifs is 3. The van der Waals surface area contributed by atoms with Gasteiger partial charge in [0.1, 0.15) is 65.0 Å². The number of para-hydroxylation sites is 5. The van der Waals surface area contributed by atoms with Gasteiger partial charge in [0.05, 0.1) is 23.3 Å². The molecule has 0 spiro atoms. The number of rotatable bonds is 15. The lowest BCUT2D eigenvalue weighted by atomic mass is 9.94. The van der Waals surface area contributed by atoms with E-state index >= 15 is 0 Å². The smallest absolute Gasteiger partial charge is 0.162 e. The molecule has 492 valence electrons. The summed E-state index contributed by atoms with van der Waals surface area (Å²) < 4.78 is 45.9. The minimum absolute atomic E-state index is 0.0959. The Balaban J connectivity index is 0.000000224. The molecular formula is C79H107Cl3O8. The quantitative estimate of drug-likeness (QED) is 0.101. The van der Waals surface area contributed by atoms with Crippen molar-refractivity contribution in [1.29, 1.82) is 0 Å². The first-order valence-electron chi connectivity index (χ1n) is 32.5. The first kappa shape index (κ1) is 76.3. The average molecular weight is 1290 g/mol. The zero-order chi connectivity index (χ0) is 66.5. The Labute approximate surface area is 558 Å². The topological polar surface area (TPSA) is 73.8 Å². The Morgan fingerprint density at radius 3 is 1.39 bits per heavy atom. The van der Waals surface area contributed by atoms with Crippen LogP contribution in [0.4, 0.5) is 0 Å². The molecule has 0 aliphatic carbocycles. The van der Waals surface area contributed by atoms with Crippen LogP contribution in [-0.2, 0) is 12.8 Å². The van der Waals surface area contributed by atoms with Gasteiger partial charge in [0.25, 0.3) is 0 Å². The van der Waals surface area contributed by atoms with Crippen molar-refractivity contribution in [3.8, 4) is 46.0 Å². The lowest BCUT2D eigenvalue weighted by Crippen LogP contribution is -2.34. The van der Waals surface area contributed by atoms with Crippen molar-refractivity contribution < 1.29 is 37.9 Å². The Bertz CT molecular complexity index is 3050. The standard InChI is InChI=1S/C12H16O.C12H18O.C11H13ClO2.2C11H15ClO.C11H14O.C11H16O/c1-9(2)11-8-7-10-5-3-4-6-12(10)13-11;1-10(2)12(3,4)13-11-8-6-5-7-9-11;1-7(2)11-6-13-10-5-8(12)3-4-9(10)14-11;1-8(2)9(3)13-11-6-4-5-10(12)7-11;1-8(2)9(3)13-11-7-5-4-6-10(11)12;1-8(2)11-7-9-5-3-4-6-10(9)12-11;1-9(2)10(3)12-11-7-5-4-6-8-11/h3-6,9,11H,7-8H2,1-2H3;5-10H,1-4H3;3-5,7,11H,6H2,1-2H3;2*4-9H,1-3H3;3-6,8,11H,7H2,1-2H3;4-10H,1-3H3. The first-order valence-corrected chi connectivity index (χ1v) is 33.6. The van der Waals surface area contributed by atoms with Gasteiger partial charge in [0.2, 0.25) is 0 Å². The molecule has 7 aromatic carbocycles. The fourth-order valence-corrected chi connectivity index (χ4v) is 8.84. The van der Waals surface area contributed by atoms with Crippen molar-refractivity contribution in [2.75, 3.05) is 6.61 Å². The molecular weight excluding hydrogens is 1180 g/mol. The summed E-state index contributed by atoms with van der Waals surface area (Å²) in [7, 11) is 0. The fraction of sp³-hybridized carbons (Fsp3) is 0.468. The molecule has 6 atom stereocenters. The van der Waals surface area contributed by atoms with Gasteiger partial charge in [-0.1, -0.05) is 223 Å². The van der Waals surface area contributed by atoms with Crippen LogP contribution < -0.4 is 37.9 Å². The molecule has 0 aromatic heterocycles. The van der Waals surface area contributed by atoms with Crippen LogP contribution in [0.3, 0.4) is 0 Å². The molecule has 3 aliphatic heterocycles. The van der Waals surface area contributed by atoms with Gasteiger partial charge in [-0.15, -0.1) is 0 Å². The van der Waals surface area contributed by atoms with Crippen molar-refractivity contribution in [3.05, 3.63) is 202 Å². The Hall–Kier alpha value is -6.19. The number of aryl methyl sites for hydroxylation is 1. The summed E-state index contributed by atoms with van der Waals surface area (Å²) in [4.78, 5) is 0. The minimum atomic E-state index is -0.0959. The molecule has 0 bridgehead atoms. The van der Waals surface area contributed by atoms with Crippen molar-refractivity contribution >= 4 is 34.8 Å². The Morgan fingerprint density at radius 2 is 0.856 bits per heavy atom. The van der Waals surface area contributed by atoms with E-state index in [0.29, 0.717) is 75.3 Å². The molecule has 0 radical (unpaired) electrons. The zero-order valence-corrected chi connectivity index (χ0v) is 59.7. The van der Waals surface area contributed by atoms with Gasteiger partial charge >= 0.3 is 0 Å². The van der Waals surface area contributed by atoms with E-state index in [1.54, 1.807) is 6.07 Å². The molecule has 0 saturated carbocycles. The molecule has 3 heterocycles. The highest BCUT2D eigenvalue weighted by atomic mass is 35.5. The number of benzene rings is 7. The SMILES string of the molecule is CC(C)C(C)(C)Oc1ccccc1.CC(C)C(C)Oc1cccc(Cl)c1.CC(C)C(C)Oc1ccccc1.CC(C)C(C)Oc1ccccc1Cl.CC(C)C1CCc2ccccc2O1.CC(C)C1COc2cc(Cl)ccc2O1.CC(C)C1Cc2ccccc2O1. The van der Waals surface area contributed by atoms with Crippen LogP contribution >= 0.6 is 34.8 Å². The van der Waals surface area contributed by atoms with Crippen LogP contribution in [0.1, 0.15) is 149 Å². The Morgan fingerprint density at radius 1 is 0.400 bits per heavy atom. The predicted molar refractivity (Wildman–Crippen MR) is 380 cm³/mol. The number of halogens is 3. The molecule has 0 amide bonds. The van der Waals surface area contributed by atoms with Gasteiger partial charge in [0.15, 0.2) is 11.5 Å². The molecule has 6 unspecified atom stereocenters. The average Bonchev–Trinajstić information content (AvgIpc) is 2.01. The van der Waals surface area contributed by atoms with E-state index in [4.69, 9.17) is 72.7 Å². The second kappa shape index (κ2) is 39.3. The molecule has 0 fully saturated rings. The van der Waals surface area contributed by atoms with Gasteiger partial charge in [-0.2, -0.15) is 0 Å². The monoisotopic (exact) mass is 1290 g/mol. The largest absolute Gasteiger partial charge is 0.490 e. The second-order valence-electron chi connectivity index (χ2n) is 26.1. The molecule has 7 aromatic rings. The third-order valence-electron chi connectivity index (χ3n) is 16.1. The molecule has 90 heavy (non-hydrogen) atoms. The van der Waals surface area contributed by atoms with Crippen molar-refractivity contribution in [3.63, 3.8) is 0 Å². The molecule has 0 N–H and O–H groups in total. The summed E-state index contributed by atoms with van der Waals surface area (Å²) in [5, 5.41) is 2.07. The van der Waals surface area contributed by atoms with Crippen LogP contribution in [0.25, 0.3) is 0 Å². The maximum Gasteiger partial charge on any atom is 0.162 e. The van der Waals surface area contributed by atoms with E-state index in [-0.39, 0.29) is 30.0 Å². The summed E-state index contributed by atoms with van der Waals surface area (Å²) in [5.41, 5.74) is 2.62. The van der Waals surface area contributed by atoms with Crippen LogP contribution in [0, 0.1) is 41.4 Å². The van der Waals surface area contributed by atoms with E-state index in [2.05, 4.69) is 161 Å². The van der Waals surface area contributed by atoms with Crippen LogP contribution in [0.5, 0.6) is 46.0 Å². The van der Waals surface area contributed by atoms with E-state index in [1.807, 2.05) is 140 Å². The lowest BCUT2D eigenvalue weighted by molar-refractivity contribution is 0.0591. The van der Waals surface area contributed by atoms with Crippen molar-refractivity contribution in [2.24, 2.45) is 41.4 Å². The van der Waals surface area contributed by atoms with Crippen molar-refractivity contribution in [2.45, 2.75) is 193 Å². The van der Waals surface area contributed by atoms with E-state index in [9.17, 15) is 0 Å². The summed E-state index contributed by atoms with van der Waals surface area (Å²) in [6.45, 7) is 41.3. The molecule has 8 nitrogen and oxygen atoms in total. The predicted octanol–water partition coefficient (Wildman–Crippen LogP) is 23.0. The second-order valence-corrected chi connectivity index (χ2v) is 27.4. The van der Waals surface area contributed by atoms with E-state index in [0.717, 1.165) is 58.8 Å². The van der Waals surface area contributed by atoms with Gasteiger partial charge in [-0.05, 0) is 179 Å². The zero-order valence-electron chi connectivity index (χ0n) is 57.5. The highest BCUT2D eigenvalue weighted by molar-refractivity contribution is 6.32. The van der Waals surface area contributed by atoms with E-state index in [1.165, 1.54) is 17.5 Å². The molecule has 11 heteroatoms.